The first-order valence-corrected chi connectivity index (χ1v) is 13.1. The summed E-state index contributed by atoms with van der Waals surface area (Å²) < 4.78 is 16.7. The number of carbonyl (C=O) groups is 1. The first kappa shape index (κ1) is 24.3. The quantitative estimate of drug-likeness (QED) is 0.255. The number of hydrogen-bond donors (Lipinski definition) is 2. The van der Waals surface area contributed by atoms with Crippen LogP contribution in [0.5, 0.6) is 0 Å². The summed E-state index contributed by atoms with van der Waals surface area (Å²) in [7, 11) is 0. The van der Waals surface area contributed by atoms with Crippen LogP contribution in [-0.4, -0.2) is 20.7 Å². The van der Waals surface area contributed by atoms with E-state index in [9.17, 15) is 9.18 Å². The number of benzene rings is 3. The third-order valence-corrected chi connectivity index (χ3v) is 7.33. The number of thioether (sulfide) groups is 1. The van der Waals surface area contributed by atoms with E-state index >= 15 is 0 Å². The van der Waals surface area contributed by atoms with E-state index in [1.807, 2.05) is 68.4 Å². The van der Waals surface area contributed by atoms with Crippen molar-refractivity contribution in [1.82, 2.24) is 14.8 Å². The molecule has 0 saturated heterocycles. The lowest BCUT2D eigenvalue weighted by atomic mass is 9.95. The average Bonchev–Trinajstić information content (AvgIpc) is 3.26. The van der Waals surface area contributed by atoms with Crippen LogP contribution in [0.4, 0.5) is 16.0 Å². The highest BCUT2D eigenvalue weighted by Gasteiger charge is 2.34. The second-order valence-electron chi connectivity index (χ2n) is 8.43. The number of nitrogens with zero attached hydrogens (tertiary/aromatic N) is 3. The van der Waals surface area contributed by atoms with E-state index < -0.39 is 6.04 Å². The Balaban J connectivity index is 1.51. The highest BCUT2D eigenvalue weighted by atomic mass is 79.9. The summed E-state index contributed by atoms with van der Waals surface area (Å²) in [5.41, 5.74) is 4.42. The molecule has 9 heteroatoms. The number of aromatic nitrogens is 3. The third-order valence-electron chi connectivity index (χ3n) is 5.95. The molecular formula is C27H23BrFN5OS. The maximum atomic E-state index is 14.1. The number of nitrogens with one attached hydrogen (secondary N) is 2. The predicted molar refractivity (Wildman–Crippen MR) is 144 cm³/mol. The molecule has 1 aliphatic rings. The van der Waals surface area contributed by atoms with Gasteiger partial charge in [-0.3, -0.25) is 4.79 Å². The van der Waals surface area contributed by atoms with E-state index in [2.05, 4.69) is 31.5 Å². The Labute approximate surface area is 221 Å². The fourth-order valence-corrected chi connectivity index (χ4v) is 5.36. The molecular weight excluding hydrogens is 541 g/mol. The lowest BCUT2D eigenvalue weighted by molar-refractivity contribution is -0.113. The van der Waals surface area contributed by atoms with Crippen LogP contribution in [0.1, 0.15) is 29.7 Å². The van der Waals surface area contributed by atoms with Crippen molar-refractivity contribution in [2.24, 2.45) is 0 Å². The fourth-order valence-electron chi connectivity index (χ4n) is 4.13. The minimum Gasteiger partial charge on any atom is -0.328 e. The molecule has 1 amide bonds. The zero-order valence-corrected chi connectivity index (χ0v) is 22.0. The second-order valence-corrected chi connectivity index (χ2v) is 10.3. The molecule has 0 saturated carbocycles. The molecule has 0 radical (unpaired) electrons. The Hall–Kier alpha value is -3.43. The van der Waals surface area contributed by atoms with E-state index in [0.29, 0.717) is 33.7 Å². The monoisotopic (exact) mass is 563 g/mol. The van der Waals surface area contributed by atoms with Gasteiger partial charge in [0.05, 0.1) is 5.57 Å². The zero-order valence-electron chi connectivity index (χ0n) is 19.6. The number of aryl methyl sites for hydroxylation is 1. The van der Waals surface area contributed by atoms with Crippen molar-refractivity contribution in [3.8, 4) is 0 Å². The molecule has 0 bridgehead atoms. The summed E-state index contributed by atoms with van der Waals surface area (Å²) in [4.78, 5) is 18.3. The predicted octanol–water partition coefficient (Wildman–Crippen LogP) is 6.71. The molecule has 1 unspecified atom stereocenters. The Morgan fingerprint density at radius 2 is 1.89 bits per heavy atom. The van der Waals surface area contributed by atoms with Gasteiger partial charge in [0.1, 0.15) is 11.9 Å². The summed E-state index contributed by atoms with van der Waals surface area (Å²) in [6.45, 7) is 3.82. The standard InChI is InChI=1S/C27H23BrFN5OS/c1-16-8-3-6-13-22(16)31-25(35)23-17(2)30-26-32-27(36-15-19-9-4-5-12-21(19)29)33-34(26)24(23)18-10-7-11-20(28)14-18/h3-14,24H,15H2,1-2H3,(H,31,35)(H,30,32,33). The highest BCUT2D eigenvalue weighted by molar-refractivity contribution is 9.10. The van der Waals surface area contributed by atoms with Gasteiger partial charge in [0.15, 0.2) is 0 Å². The van der Waals surface area contributed by atoms with Crippen LogP contribution in [0, 0.1) is 12.7 Å². The van der Waals surface area contributed by atoms with Gasteiger partial charge in [-0.1, -0.05) is 76.2 Å². The molecule has 2 N–H and O–H groups in total. The van der Waals surface area contributed by atoms with Gasteiger partial charge in [0, 0.05) is 21.6 Å². The smallest absolute Gasteiger partial charge is 0.255 e. The van der Waals surface area contributed by atoms with Gasteiger partial charge in [-0.15, -0.1) is 5.10 Å². The van der Waals surface area contributed by atoms with Crippen LogP contribution in [0.3, 0.4) is 0 Å². The number of anilines is 2. The molecule has 6 nitrogen and oxygen atoms in total. The molecule has 0 fully saturated rings. The maximum absolute atomic E-state index is 14.1. The molecule has 4 aromatic rings. The Morgan fingerprint density at radius 3 is 2.67 bits per heavy atom. The molecule has 1 atom stereocenters. The van der Waals surface area contributed by atoms with Crippen LogP contribution in [0.2, 0.25) is 0 Å². The molecule has 0 aliphatic carbocycles. The number of hydrogen-bond acceptors (Lipinski definition) is 5. The molecule has 36 heavy (non-hydrogen) atoms. The number of para-hydroxylation sites is 1. The Kier molecular flexibility index (Phi) is 6.93. The Morgan fingerprint density at radius 1 is 1.11 bits per heavy atom. The van der Waals surface area contributed by atoms with E-state index in [0.717, 1.165) is 21.3 Å². The second kappa shape index (κ2) is 10.3. The van der Waals surface area contributed by atoms with Crippen LogP contribution >= 0.6 is 27.7 Å². The number of amides is 1. The van der Waals surface area contributed by atoms with Crippen LogP contribution in [-0.2, 0) is 10.5 Å². The van der Waals surface area contributed by atoms with Crippen molar-refractivity contribution in [2.45, 2.75) is 30.8 Å². The third kappa shape index (κ3) is 4.94. The van der Waals surface area contributed by atoms with Crippen molar-refractivity contribution in [2.75, 3.05) is 10.6 Å². The summed E-state index contributed by atoms with van der Waals surface area (Å²) in [6.07, 6.45) is 0. The maximum Gasteiger partial charge on any atom is 0.255 e. The first-order valence-electron chi connectivity index (χ1n) is 11.3. The summed E-state index contributed by atoms with van der Waals surface area (Å²) >= 11 is 4.90. The summed E-state index contributed by atoms with van der Waals surface area (Å²) in [5, 5.41) is 11.5. The molecule has 5 rings (SSSR count). The fraction of sp³-hybridized carbons (Fsp3) is 0.148. The molecule has 1 aromatic heterocycles. The minimum atomic E-state index is -0.502. The van der Waals surface area contributed by atoms with Gasteiger partial charge in [0.2, 0.25) is 11.1 Å². The topological polar surface area (TPSA) is 71.8 Å². The van der Waals surface area contributed by atoms with Crippen molar-refractivity contribution < 1.29 is 9.18 Å². The number of rotatable bonds is 6. The van der Waals surface area contributed by atoms with E-state index in [4.69, 9.17) is 5.10 Å². The molecule has 2 heterocycles. The van der Waals surface area contributed by atoms with Gasteiger partial charge in [0.25, 0.3) is 5.91 Å². The number of carbonyl (C=O) groups excluding carboxylic acids is 1. The van der Waals surface area contributed by atoms with Crippen LogP contribution in [0.25, 0.3) is 0 Å². The van der Waals surface area contributed by atoms with Crippen molar-refractivity contribution in [1.29, 1.82) is 0 Å². The van der Waals surface area contributed by atoms with Gasteiger partial charge < -0.3 is 10.6 Å². The van der Waals surface area contributed by atoms with Crippen molar-refractivity contribution >= 4 is 45.2 Å². The van der Waals surface area contributed by atoms with Crippen molar-refractivity contribution in [3.63, 3.8) is 0 Å². The largest absolute Gasteiger partial charge is 0.328 e. The Bertz CT molecular complexity index is 1480. The average molecular weight is 564 g/mol. The number of fused-ring (bicyclic) bond motifs is 1. The molecule has 182 valence electrons. The normalized spacial score (nSPS) is 14.8. The minimum absolute atomic E-state index is 0.221. The molecule has 3 aromatic carbocycles. The van der Waals surface area contributed by atoms with Gasteiger partial charge in [-0.05, 0) is 54.8 Å². The first-order chi connectivity index (χ1) is 17.4. The summed E-state index contributed by atoms with van der Waals surface area (Å²) in [5.74, 6) is 0.443. The van der Waals surface area contributed by atoms with Gasteiger partial charge in [-0.2, -0.15) is 4.98 Å². The highest BCUT2D eigenvalue weighted by Crippen LogP contribution is 2.38. The number of allylic oxidation sites excluding steroid dienone is 1. The van der Waals surface area contributed by atoms with E-state index in [1.165, 1.54) is 17.8 Å². The summed E-state index contributed by atoms with van der Waals surface area (Å²) in [6, 6.07) is 21.6. The van der Waals surface area contributed by atoms with Crippen LogP contribution < -0.4 is 10.6 Å². The SMILES string of the molecule is CC1=C(C(=O)Nc2ccccc2C)C(c2cccc(Br)c2)n2nc(SCc3ccccc3F)nc2N1. The van der Waals surface area contributed by atoms with Crippen molar-refractivity contribution in [3.05, 3.63) is 111 Å². The molecule has 0 spiro atoms. The van der Waals surface area contributed by atoms with E-state index in [-0.39, 0.29) is 11.7 Å². The lowest BCUT2D eigenvalue weighted by Gasteiger charge is -2.29. The van der Waals surface area contributed by atoms with Gasteiger partial charge in [-0.25, -0.2) is 9.07 Å². The lowest BCUT2D eigenvalue weighted by Crippen LogP contribution is -2.31. The van der Waals surface area contributed by atoms with Gasteiger partial charge >= 0.3 is 0 Å². The van der Waals surface area contributed by atoms with E-state index in [1.54, 1.807) is 16.8 Å². The van der Waals surface area contributed by atoms with Crippen LogP contribution in [0.15, 0.2) is 93.7 Å². The number of halogens is 2. The molecule has 1 aliphatic heterocycles. The zero-order chi connectivity index (χ0) is 25.2.